The lowest BCUT2D eigenvalue weighted by molar-refractivity contribution is -0.142. The van der Waals surface area contributed by atoms with Crippen molar-refractivity contribution in [3.05, 3.63) is 23.9 Å². The lowest BCUT2D eigenvalue weighted by Crippen LogP contribution is -2.48. The molecule has 5 heteroatoms. The Morgan fingerprint density at radius 3 is 2.75 bits per heavy atom. The Bertz CT molecular complexity index is 449. The molecule has 0 aliphatic heterocycles. The molecule has 0 amide bonds. The number of hydrogen-bond donors (Lipinski definition) is 1. The third kappa shape index (κ3) is 1.96. The minimum atomic E-state index is -1.11. The molecule has 84 valence electrons. The van der Waals surface area contributed by atoms with Crippen molar-refractivity contribution >= 4 is 11.8 Å². The fourth-order valence-electron chi connectivity index (χ4n) is 1.16. The summed E-state index contributed by atoms with van der Waals surface area (Å²) in [5.74, 6) is -0.595. The zero-order chi connectivity index (χ0) is 12.3. The molecular weight excluding hydrogens is 206 g/mol. The number of aromatic nitrogens is 1. The van der Waals surface area contributed by atoms with Crippen LogP contribution in [0, 0.1) is 11.3 Å². The van der Waals surface area contributed by atoms with E-state index in [1.165, 1.54) is 11.1 Å². The van der Waals surface area contributed by atoms with E-state index in [2.05, 4.69) is 4.98 Å². The third-order valence-corrected chi connectivity index (χ3v) is 2.59. The van der Waals surface area contributed by atoms with Gasteiger partial charge in [-0.25, -0.2) is 9.78 Å². The summed E-state index contributed by atoms with van der Waals surface area (Å²) in [4.78, 5) is 16.6. The van der Waals surface area contributed by atoms with Crippen LogP contribution < -0.4 is 4.90 Å². The second-order valence-corrected chi connectivity index (χ2v) is 3.91. The maximum absolute atomic E-state index is 11.1. The number of nitrogens with zero attached hydrogens (tertiary/aromatic N) is 3. The number of anilines is 1. The first-order chi connectivity index (χ1) is 7.41. The highest BCUT2D eigenvalue weighted by atomic mass is 16.4. The quantitative estimate of drug-likeness (QED) is 0.827. The summed E-state index contributed by atoms with van der Waals surface area (Å²) in [6.07, 6.45) is 1.53. The van der Waals surface area contributed by atoms with Crippen molar-refractivity contribution in [2.24, 2.45) is 0 Å². The van der Waals surface area contributed by atoms with Crippen molar-refractivity contribution in [2.45, 2.75) is 19.4 Å². The molecule has 5 nitrogen and oxygen atoms in total. The summed E-state index contributed by atoms with van der Waals surface area (Å²) in [6.45, 7) is 3.12. The van der Waals surface area contributed by atoms with Crippen molar-refractivity contribution in [2.75, 3.05) is 11.9 Å². The van der Waals surface area contributed by atoms with Gasteiger partial charge in [0.2, 0.25) is 0 Å². The van der Waals surface area contributed by atoms with Gasteiger partial charge in [-0.05, 0) is 26.0 Å². The van der Waals surface area contributed by atoms with Crippen LogP contribution in [0.5, 0.6) is 0 Å². The summed E-state index contributed by atoms with van der Waals surface area (Å²) >= 11 is 0. The number of likely N-dealkylation sites (N-methyl/N-ethyl adjacent to an activating group) is 1. The monoisotopic (exact) mass is 219 g/mol. The van der Waals surface area contributed by atoms with Crippen molar-refractivity contribution in [1.29, 1.82) is 5.26 Å². The summed E-state index contributed by atoms with van der Waals surface area (Å²) in [5.41, 5.74) is -0.751. The molecule has 1 aromatic rings. The normalized spacial score (nSPS) is 10.6. The van der Waals surface area contributed by atoms with Crippen LogP contribution in [-0.4, -0.2) is 28.6 Å². The highest BCUT2D eigenvalue weighted by molar-refractivity contribution is 5.82. The molecule has 0 fully saturated rings. The van der Waals surface area contributed by atoms with E-state index in [-0.39, 0.29) is 0 Å². The number of hydrogen-bond acceptors (Lipinski definition) is 4. The van der Waals surface area contributed by atoms with Crippen LogP contribution in [0.25, 0.3) is 0 Å². The molecule has 0 unspecified atom stereocenters. The highest BCUT2D eigenvalue weighted by Crippen LogP contribution is 2.23. The Morgan fingerprint density at radius 1 is 1.62 bits per heavy atom. The maximum Gasteiger partial charge on any atom is 0.328 e. The first kappa shape index (κ1) is 12.0. The fraction of sp³-hybridized carbons (Fsp3) is 0.364. The van der Waals surface area contributed by atoms with E-state index in [0.29, 0.717) is 11.4 Å². The van der Waals surface area contributed by atoms with Crippen LogP contribution in [0.15, 0.2) is 18.3 Å². The molecule has 0 aromatic carbocycles. The van der Waals surface area contributed by atoms with Gasteiger partial charge in [-0.2, -0.15) is 5.26 Å². The van der Waals surface area contributed by atoms with E-state index >= 15 is 0 Å². The molecule has 0 bridgehead atoms. The van der Waals surface area contributed by atoms with Gasteiger partial charge < -0.3 is 10.0 Å². The number of rotatable bonds is 3. The van der Waals surface area contributed by atoms with Gasteiger partial charge in [-0.1, -0.05) is 0 Å². The molecule has 0 radical (unpaired) electrons. The fourth-order valence-corrected chi connectivity index (χ4v) is 1.16. The summed E-state index contributed by atoms with van der Waals surface area (Å²) < 4.78 is 0. The maximum atomic E-state index is 11.1. The Balaban J connectivity index is 3.20. The van der Waals surface area contributed by atoms with Crippen molar-refractivity contribution in [1.82, 2.24) is 4.98 Å². The summed E-state index contributed by atoms with van der Waals surface area (Å²) in [7, 11) is 1.61. The Morgan fingerprint density at radius 2 is 2.25 bits per heavy atom. The van der Waals surface area contributed by atoms with Crippen molar-refractivity contribution < 1.29 is 9.90 Å². The van der Waals surface area contributed by atoms with Crippen LogP contribution >= 0.6 is 0 Å². The average molecular weight is 219 g/mol. The van der Waals surface area contributed by atoms with Gasteiger partial charge in [-0.3, -0.25) is 0 Å². The van der Waals surface area contributed by atoms with Crippen LogP contribution in [0.1, 0.15) is 19.4 Å². The number of carbonyl (C=O) groups is 1. The van der Waals surface area contributed by atoms with E-state index in [0.717, 1.165) is 0 Å². The molecule has 0 atom stereocenters. The van der Waals surface area contributed by atoms with Gasteiger partial charge in [-0.15, -0.1) is 0 Å². The molecule has 0 saturated carbocycles. The van der Waals surface area contributed by atoms with Gasteiger partial charge in [0, 0.05) is 13.2 Å². The summed E-state index contributed by atoms with van der Waals surface area (Å²) in [5, 5.41) is 18.0. The second kappa shape index (κ2) is 4.19. The molecule has 1 aromatic heterocycles. The smallest absolute Gasteiger partial charge is 0.328 e. The largest absolute Gasteiger partial charge is 0.480 e. The lowest BCUT2D eigenvalue weighted by Gasteiger charge is -2.32. The highest BCUT2D eigenvalue weighted by Gasteiger charge is 2.33. The number of aliphatic carboxylic acids is 1. The van der Waals surface area contributed by atoms with Crippen LogP contribution in [-0.2, 0) is 4.79 Å². The predicted octanol–water partition coefficient (Wildman–Crippen LogP) is 1.25. The summed E-state index contributed by atoms with van der Waals surface area (Å²) in [6, 6.07) is 5.24. The molecule has 1 N–H and O–H groups in total. The predicted molar refractivity (Wildman–Crippen MR) is 59.1 cm³/mol. The van der Waals surface area contributed by atoms with Gasteiger partial charge in [0.25, 0.3) is 0 Å². The van der Waals surface area contributed by atoms with Crippen LogP contribution in [0.2, 0.25) is 0 Å². The van der Waals surface area contributed by atoms with E-state index in [1.807, 2.05) is 6.07 Å². The molecule has 0 saturated heterocycles. The molecule has 0 spiro atoms. The number of nitriles is 1. The molecule has 1 rings (SSSR count). The van der Waals surface area contributed by atoms with E-state index in [9.17, 15) is 4.79 Å². The number of pyridine rings is 1. The topological polar surface area (TPSA) is 77.2 Å². The van der Waals surface area contributed by atoms with Crippen molar-refractivity contribution in [3.63, 3.8) is 0 Å². The van der Waals surface area contributed by atoms with E-state index in [1.54, 1.807) is 33.0 Å². The van der Waals surface area contributed by atoms with Gasteiger partial charge in [0.05, 0.1) is 5.56 Å². The SMILES string of the molecule is CN(c1ncccc1C#N)C(C)(C)C(=O)O. The Labute approximate surface area is 93.9 Å². The van der Waals surface area contributed by atoms with Crippen molar-refractivity contribution in [3.8, 4) is 6.07 Å². The zero-order valence-electron chi connectivity index (χ0n) is 9.43. The van der Waals surface area contributed by atoms with Crippen LogP contribution in [0.3, 0.4) is 0 Å². The first-order valence-corrected chi connectivity index (χ1v) is 4.73. The molecule has 1 heterocycles. The minimum absolute atomic E-state index is 0.360. The molecule has 0 aliphatic rings. The zero-order valence-corrected chi connectivity index (χ0v) is 9.43. The Kier molecular flexibility index (Phi) is 3.14. The first-order valence-electron chi connectivity index (χ1n) is 4.73. The third-order valence-electron chi connectivity index (χ3n) is 2.59. The van der Waals surface area contributed by atoms with Crippen LogP contribution in [0.4, 0.5) is 5.82 Å². The van der Waals surface area contributed by atoms with E-state index in [4.69, 9.17) is 10.4 Å². The molecule has 0 aliphatic carbocycles. The second-order valence-electron chi connectivity index (χ2n) is 3.91. The number of carboxylic acid groups (broad SMARTS) is 1. The standard InChI is InChI=1S/C11H13N3O2/c1-11(2,10(15)16)14(3)9-8(7-12)5-4-6-13-9/h4-6H,1-3H3,(H,15,16). The minimum Gasteiger partial charge on any atom is -0.480 e. The lowest BCUT2D eigenvalue weighted by atomic mass is 10.0. The van der Waals surface area contributed by atoms with Gasteiger partial charge >= 0.3 is 5.97 Å². The molecule has 16 heavy (non-hydrogen) atoms. The average Bonchev–Trinajstić information content (AvgIpc) is 2.27. The molecular formula is C11H13N3O2. The number of carboxylic acids is 1. The van der Waals surface area contributed by atoms with E-state index < -0.39 is 11.5 Å². The van der Waals surface area contributed by atoms with Gasteiger partial charge in [0.15, 0.2) is 0 Å². The Hall–Kier alpha value is -2.09. The van der Waals surface area contributed by atoms with Gasteiger partial charge in [0.1, 0.15) is 17.4 Å².